The SMILES string of the molecule is CC(=O)N1CCN(Cc2cccc(OCCN(C)C)c2)C[C@](O)(COc2ccc(C)c(C)c2)C1. The zero-order valence-electron chi connectivity index (χ0n) is 21.2. The highest BCUT2D eigenvalue weighted by atomic mass is 16.5. The van der Waals surface area contributed by atoms with Gasteiger partial charge in [0.2, 0.25) is 5.91 Å². The Labute approximate surface area is 203 Å². The number of carbonyl (C=O) groups is 1. The van der Waals surface area contributed by atoms with Gasteiger partial charge in [0, 0.05) is 39.6 Å². The molecule has 0 aromatic heterocycles. The van der Waals surface area contributed by atoms with E-state index in [0.717, 1.165) is 29.2 Å². The molecule has 0 radical (unpaired) electrons. The number of aliphatic hydroxyl groups is 1. The van der Waals surface area contributed by atoms with E-state index in [4.69, 9.17) is 9.47 Å². The predicted octanol–water partition coefficient (Wildman–Crippen LogP) is 2.72. The molecule has 1 amide bonds. The quantitative estimate of drug-likeness (QED) is 0.609. The average molecular weight is 470 g/mol. The van der Waals surface area contributed by atoms with E-state index in [9.17, 15) is 9.90 Å². The van der Waals surface area contributed by atoms with E-state index >= 15 is 0 Å². The number of rotatable bonds is 9. The highest BCUT2D eigenvalue weighted by molar-refractivity contribution is 5.73. The number of nitrogens with zero attached hydrogens (tertiary/aromatic N) is 3. The van der Waals surface area contributed by atoms with E-state index < -0.39 is 5.60 Å². The van der Waals surface area contributed by atoms with Crippen molar-refractivity contribution in [3.05, 3.63) is 59.2 Å². The van der Waals surface area contributed by atoms with Crippen LogP contribution >= 0.6 is 0 Å². The van der Waals surface area contributed by atoms with Crippen LogP contribution in [0, 0.1) is 13.8 Å². The second kappa shape index (κ2) is 11.7. The summed E-state index contributed by atoms with van der Waals surface area (Å²) in [6.45, 7) is 9.81. The Morgan fingerprint density at radius 3 is 2.50 bits per heavy atom. The van der Waals surface area contributed by atoms with Crippen molar-refractivity contribution in [2.24, 2.45) is 0 Å². The molecule has 186 valence electrons. The summed E-state index contributed by atoms with van der Waals surface area (Å²) in [4.78, 5) is 18.2. The number of β-amino-alcohol motifs (C(OH)–C–C–N with tert-alkyl or cyclic N) is 1. The van der Waals surface area contributed by atoms with E-state index in [-0.39, 0.29) is 19.1 Å². The lowest BCUT2D eigenvalue weighted by molar-refractivity contribution is -0.132. The van der Waals surface area contributed by atoms with Crippen LogP contribution in [0.5, 0.6) is 11.5 Å². The summed E-state index contributed by atoms with van der Waals surface area (Å²) < 4.78 is 11.9. The van der Waals surface area contributed by atoms with Gasteiger partial charge in [0.1, 0.15) is 30.3 Å². The van der Waals surface area contributed by atoms with Crippen LogP contribution in [0.25, 0.3) is 0 Å². The first-order valence-electron chi connectivity index (χ1n) is 11.9. The van der Waals surface area contributed by atoms with Crippen LogP contribution in [0.1, 0.15) is 23.6 Å². The standard InChI is InChI=1S/C27H39N3O4/c1-21-9-10-26(15-22(21)2)34-20-27(32)18-29(11-12-30(19-27)23(3)31)17-24-7-6-8-25(16-24)33-14-13-28(4)5/h6-10,15-16,32H,11-14,17-20H2,1-5H3/t27-/m1/s1. The van der Waals surface area contributed by atoms with E-state index in [0.29, 0.717) is 32.8 Å². The van der Waals surface area contributed by atoms with Gasteiger partial charge in [-0.15, -0.1) is 0 Å². The summed E-state index contributed by atoms with van der Waals surface area (Å²) in [6.07, 6.45) is 0. The van der Waals surface area contributed by atoms with E-state index in [1.165, 1.54) is 5.56 Å². The Balaban J connectivity index is 1.69. The summed E-state index contributed by atoms with van der Waals surface area (Å²) in [6, 6.07) is 14.0. The third-order valence-corrected chi connectivity index (χ3v) is 6.23. The van der Waals surface area contributed by atoms with Gasteiger partial charge in [-0.3, -0.25) is 9.69 Å². The first-order valence-corrected chi connectivity index (χ1v) is 11.9. The fourth-order valence-electron chi connectivity index (χ4n) is 4.10. The van der Waals surface area contributed by atoms with Crippen molar-refractivity contribution in [1.82, 2.24) is 14.7 Å². The molecule has 1 fully saturated rings. The van der Waals surface area contributed by atoms with Crippen molar-refractivity contribution >= 4 is 5.91 Å². The van der Waals surface area contributed by atoms with Crippen LogP contribution in [0.3, 0.4) is 0 Å². The van der Waals surface area contributed by atoms with Crippen molar-refractivity contribution in [2.45, 2.75) is 32.9 Å². The van der Waals surface area contributed by atoms with Crippen LogP contribution in [-0.2, 0) is 11.3 Å². The van der Waals surface area contributed by atoms with Crippen LogP contribution in [-0.4, -0.2) is 91.3 Å². The molecule has 1 N–H and O–H groups in total. The Bertz CT molecular complexity index is 965. The lowest BCUT2D eigenvalue weighted by atomic mass is 10.0. The van der Waals surface area contributed by atoms with Crippen molar-refractivity contribution < 1.29 is 19.4 Å². The summed E-state index contributed by atoms with van der Waals surface area (Å²) >= 11 is 0. The maximum Gasteiger partial charge on any atom is 0.219 e. The molecule has 3 rings (SSSR count). The van der Waals surface area contributed by atoms with Gasteiger partial charge in [0.05, 0.1) is 6.54 Å². The molecular weight excluding hydrogens is 430 g/mol. The van der Waals surface area contributed by atoms with Crippen molar-refractivity contribution in [3.8, 4) is 11.5 Å². The normalized spacial score (nSPS) is 19.2. The number of hydrogen-bond donors (Lipinski definition) is 1. The molecule has 1 atom stereocenters. The molecule has 0 bridgehead atoms. The number of likely N-dealkylation sites (N-methyl/N-ethyl adjacent to an activating group) is 1. The number of ether oxygens (including phenoxy) is 2. The number of aryl methyl sites for hydroxylation is 2. The molecule has 2 aromatic carbocycles. The van der Waals surface area contributed by atoms with E-state index in [1.807, 2.05) is 57.4 Å². The highest BCUT2D eigenvalue weighted by Gasteiger charge is 2.37. The van der Waals surface area contributed by atoms with Gasteiger partial charge in [-0.2, -0.15) is 0 Å². The first-order chi connectivity index (χ1) is 16.1. The first kappa shape index (κ1) is 26.0. The molecule has 0 aliphatic carbocycles. The third-order valence-electron chi connectivity index (χ3n) is 6.23. The molecule has 2 aromatic rings. The Kier molecular flexibility index (Phi) is 8.94. The molecule has 1 aliphatic heterocycles. The molecule has 7 nitrogen and oxygen atoms in total. The molecule has 0 spiro atoms. The minimum atomic E-state index is -1.18. The van der Waals surface area contributed by atoms with Gasteiger partial charge in [-0.25, -0.2) is 0 Å². The van der Waals surface area contributed by atoms with Gasteiger partial charge in [0.25, 0.3) is 0 Å². The summed E-state index contributed by atoms with van der Waals surface area (Å²) in [5.41, 5.74) is 2.27. The Morgan fingerprint density at radius 1 is 1.03 bits per heavy atom. The molecule has 0 unspecified atom stereocenters. The van der Waals surface area contributed by atoms with Gasteiger partial charge in [-0.05, 0) is 68.9 Å². The average Bonchev–Trinajstić information content (AvgIpc) is 2.94. The minimum Gasteiger partial charge on any atom is -0.492 e. The highest BCUT2D eigenvalue weighted by Crippen LogP contribution is 2.22. The van der Waals surface area contributed by atoms with Crippen LogP contribution in [0.15, 0.2) is 42.5 Å². The topological polar surface area (TPSA) is 65.5 Å². The lowest BCUT2D eigenvalue weighted by Crippen LogP contribution is -2.51. The zero-order valence-corrected chi connectivity index (χ0v) is 21.2. The fourth-order valence-corrected chi connectivity index (χ4v) is 4.10. The number of amides is 1. The second-order valence-electron chi connectivity index (χ2n) is 9.71. The smallest absolute Gasteiger partial charge is 0.219 e. The summed E-state index contributed by atoms with van der Waals surface area (Å²) in [5, 5.41) is 11.5. The molecule has 1 aliphatic rings. The van der Waals surface area contributed by atoms with Gasteiger partial charge < -0.3 is 24.4 Å². The molecule has 1 heterocycles. The van der Waals surface area contributed by atoms with Crippen LogP contribution < -0.4 is 9.47 Å². The van der Waals surface area contributed by atoms with Gasteiger partial charge in [-0.1, -0.05) is 18.2 Å². The van der Waals surface area contributed by atoms with Crippen molar-refractivity contribution in [3.63, 3.8) is 0 Å². The number of hydrogen-bond acceptors (Lipinski definition) is 6. The van der Waals surface area contributed by atoms with Crippen LogP contribution in [0.4, 0.5) is 0 Å². The third kappa shape index (κ3) is 7.72. The Hall–Kier alpha value is -2.61. The molecule has 1 saturated heterocycles. The maximum atomic E-state index is 12.2. The predicted molar refractivity (Wildman–Crippen MR) is 134 cm³/mol. The zero-order chi connectivity index (χ0) is 24.7. The molecule has 0 saturated carbocycles. The second-order valence-corrected chi connectivity index (χ2v) is 9.71. The number of benzene rings is 2. The largest absolute Gasteiger partial charge is 0.492 e. The van der Waals surface area contributed by atoms with Crippen molar-refractivity contribution in [2.75, 3.05) is 60.0 Å². The van der Waals surface area contributed by atoms with Gasteiger partial charge in [0.15, 0.2) is 0 Å². The lowest BCUT2D eigenvalue weighted by Gasteiger charge is -2.32. The van der Waals surface area contributed by atoms with Crippen molar-refractivity contribution in [1.29, 1.82) is 0 Å². The molecular formula is C27H39N3O4. The molecule has 34 heavy (non-hydrogen) atoms. The minimum absolute atomic E-state index is 0.0391. The summed E-state index contributed by atoms with van der Waals surface area (Å²) in [7, 11) is 4.04. The van der Waals surface area contributed by atoms with E-state index in [1.54, 1.807) is 11.8 Å². The van der Waals surface area contributed by atoms with Gasteiger partial charge >= 0.3 is 0 Å². The maximum absolute atomic E-state index is 12.2. The molecule has 7 heteroatoms. The summed E-state index contributed by atoms with van der Waals surface area (Å²) in [5.74, 6) is 1.53. The Morgan fingerprint density at radius 2 is 1.79 bits per heavy atom. The number of carbonyl (C=O) groups excluding carboxylic acids is 1. The monoisotopic (exact) mass is 469 g/mol. The van der Waals surface area contributed by atoms with Crippen LogP contribution in [0.2, 0.25) is 0 Å². The van der Waals surface area contributed by atoms with E-state index in [2.05, 4.69) is 22.8 Å². The fraction of sp³-hybridized carbons (Fsp3) is 0.519.